The summed E-state index contributed by atoms with van der Waals surface area (Å²) in [4.78, 5) is 25.4. The molecule has 57 heavy (non-hydrogen) atoms. The van der Waals surface area contributed by atoms with E-state index in [1.807, 2.05) is 21.1 Å². The minimum absolute atomic E-state index is 0.0121. The Morgan fingerprint density at radius 1 is 0.614 bits per heavy atom. The van der Waals surface area contributed by atoms with Crippen molar-refractivity contribution in [2.24, 2.45) is 0 Å². The van der Waals surface area contributed by atoms with Crippen LogP contribution in [0.25, 0.3) is 0 Å². The van der Waals surface area contributed by atoms with E-state index in [9.17, 15) is 19.4 Å². The van der Waals surface area contributed by atoms with Crippen LogP contribution in [0.2, 0.25) is 0 Å². The lowest BCUT2D eigenvalue weighted by Crippen LogP contribution is -2.46. The molecule has 8 nitrogen and oxygen atoms in total. The van der Waals surface area contributed by atoms with E-state index in [1.165, 1.54) is 154 Å². The Bertz CT molecular complexity index is 984. The molecular weight excluding hydrogens is 732 g/mol. The second-order valence-electron chi connectivity index (χ2n) is 17.8. The highest BCUT2D eigenvalue weighted by Crippen LogP contribution is 2.38. The number of aliphatic hydroxyl groups is 1. The SMILES string of the molecule is CCCCCCC/C=C\C/C=C\CCCCCCCCCCCC(=O)NC(COP(=O)([O-])OCC[N+](C)(C)C)C(O)CCCCCCCCCCCCCCCC. The number of allylic oxidation sites excluding steroid dienone is 4. The van der Waals surface area contributed by atoms with Gasteiger partial charge in [-0.15, -0.1) is 0 Å². The molecule has 338 valence electrons. The molecule has 0 aromatic heterocycles. The normalized spacial score (nSPS) is 14.4. The van der Waals surface area contributed by atoms with Gasteiger partial charge in [0.15, 0.2) is 0 Å². The molecule has 0 aliphatic carbocycles. The Kier molecular flexibility index (Phi) is 39.7. The highest BCUT2D eigenvalue weighted by molar-refractivity contribution is 7.45. The molecule has 0 heterocycles. The van der Waals surface area contributed by atoms with Crippen molar-refractivity contribution in [1.29, 1.82) is 0 Å². The summed E-state index contributed by atoms with van der Waals surface area (Å²) in [7, 11) is 1.30. The number of rotatable bonds is 44. The van der Waals surface area contributed by atoms with Crippen LogP contribution in [0.1, 0.15) is 226 Å². The number of phosphoric acid groups is 1. The molecule has 0 fully saturated rings. The highest BCUT2D eigenvalue weighted by atomic mass is 31.2. The minimum atomic E-state index is -4.56. The van der Waals surface area contributed by atoms with Crippen LogP contribution in [0.15, 0.2) is 24.3 Å². The molecule has 2 N–H and O–H groups in total. The highest BCUT2D eigenvalue weighted by Gasteiger charge is 2.24. The maximum absolute atomic E-state index is 12.9. The third-order valence-electron chi connectivity index (χ3n) is 10.9. The number of carbonyl (C=O) groups is 1. The average Bonchev–Trinajstić information content (AvgIpc) is 3.16. The third kappa shape index (κ3) is 42.9. The predicted molar refractivity (Wildman–Crippen MR) is 242 cm³/mol. The van der Waals surface area contributed by atoms with Crippen molar-refractivity contribution in [3.8, 4) is 0 Å². The average molecular weight is 827 g/mol. The number of phosphoric ester groups is 1. The van der Waals surface area contributed by atoms with E-state index in [0.29, 0.717) is 23.9 Å². The maximum Gasteiger partial charge on any atom is 0.268 e. The van der Waals surface area contributed by atoms with Crippen LogP contribution in [0.4, 0.5) is 0 Å². The van der Waals surface area contributed by atoms with E-state index in [1.54, 1.807) is 0 Å². The summed E-state index contributed by atoms with van der Waals surface area (Å²) in [5.74, 6) is -0.168. The molecule has 0 aliphatic rings. The maximum atomic E-state index is 12.9. The summed E-state index contributed by atoms with van der Waals surface area (Å²) in [6.45, 7) is 4.72. The van der Waals surface area contributed by atoms with Gasteiger partial charge in [-0.1, -0.05) is 199 Å². The van der Waals surface area contributed by atoms with Gasteiger partial charge in [-0.3, -0.25) is 9.36 Å². The number of amides is 1. The first-order chi connectivity index (χ1) is 27.5. The van der Waals surface area contributed by atoms with E-state index in [0.717, 1.165) is 44.9 Å². The Morgan fingerprint density at radius 3 is 1.46 bits per heavy atom. The van der Waals surface area contributed by atoms with Crippen molar-refractivity contribution in [2.45, 2.75) is 238 Å². The molecule has 9 heteroatoms. The van der Waals surface area contributed by atoms with Crippen molar-refractivity contribution in [2.75, 3.05) is 40.9 Å². The predicted octanol–water partition coefficient (Wildman–Crippen LogP) is 13.1. The Hall–Kier alpha value is -1.02. The number of likely N-dealkylation sites (N-methyl/N-ethyl adjacent to an activating group) is 1. The molecule has 0 saturated heterocycles. The fraction of sp³-hybridized carbons (Fsp3) is 0.896. The van der Waals surface area contributed by atoms with Crippen molar-refractivity contribution < 1.29 is 32.9 Å². The zero-order valence-electron chi connectivity index (χ0n) is 38.3. The Labute approximate surface area is 354 Å². The first-order valence-electron chi connectivity index (χ1n) is 24.2. The van der Waals surface area contributed by atoms with Crippen molar-refractivity contribution in [3.63, 3.8) is 0 Å². The van der Waals surface area contributed by atoms with Crippen LogP contribution in [0, 0.1) is 0 Å². The minimum Gasteiger partial charge on any atom is -0.756 e. The molecule has 0 aromatic rings. The summed E-state index contributed by atoms with van der Waals surface area (Å²) < 4.78 is 23.3. The fourth-order valence-corrected chi connectivity index (χ4v) is 7.79. The van der Waals surface area contributed by atoms with Gasteiger partial charge in [-0.05, 0) is 44.9 Å². The largest absolute Gasteiger partial charge is 0.756 e. The number of aliphatic hydroxyl groups excluding tert-OH is 1. The van der Waals surface area contributed by atoms with Crippen molar-refractivity contribution in [3.05, 3.63) is 24.3 Å². The van der Waals surface area contributed by atoms with Gasteiger partial charge < -0.3 is 28.8 Å². The number of hydrogen-bond donors (Lipinski definition) is 2. The molecule has 0 radical (unpaired) electrons. The van der Waals surface area contributed by atoms with Crippen LogP contribution in [0.5, 0.6) is 0 Å². The van der Waals surface area contributed by atoms with Crippen LogP contribution < -0.4 is 10.2 Å². The van der Waals surface area contributed by atoms with Crippen molar-refractivity contribution >= 4 is 13.7 Å². The Morgan fingerprint density at radius 2 is 1.02 bits per heavy atom. The number of nitrogens with one attached hydrogen (secondary N) is 1. The van der Waals surface area contributed by atoms with Crippen LogP contribution >= 0.6 is 7.82 Å². The topological polar surface area (TPSA) is 108 Å². The third-order valence-corrected chi connectivity index (χ3v) is 11.9. The quantitative estimate of drug-likeness (QED) is 0.0274. The number of hydrogen-bond acceptors (Lipinski definition) is 6. The van der Waals surface area contributed by atoms with E-state index in [2.05, 4.69) is 43.5 Å². The molecule has 3 unspecified atom stereocenters. The molecule has 0 spiro atoms. The molecular formula is C48H95N2O6P. The smallest absolute Gasteiger partial charge is 0.268 e. The van der Waals surface area contributed by atoms with Crippen molar-refractivity contribution in [1.82, 2.24) is 5.32 Å². The first-order valence-corrected chi connectivity index (χ1v) is 25.6. The molecule has 0 aromatic carbocycles. The van der Waals surface area contributed by atoms with Crippen LogP contribution in [-0.4, -0.2) is 68.5 Å². The summed E-state index contributed by atoms with van der Waals surface area (Å²) in [6, 6.07) is -0.800. The molecule has 0 aliphatic heterocycles. The first kappa shape index (κ1) is 56.0. The number of quaternary nitrogens is 1. The molecule has 0 rings (SSSR count). The lowest BCUT2D eigenvalue weighted by molar-refractivity contribution is -0.870. The van der Waals surface area contributed by atoms with Gasteiger partial charge in [-0.2, -0.15) is 0 Å². The summed E-state index contributed by atoms with van der Waals surface area (Å²) in [6.07, 6.45) is 47.5. The van der Waals surface area contributed by atoms with Gasteiger partial charge >= 0.3 is 0 Å². The van der Waals surface area contributed by atoms with Crippen LogP contribution in [0.3, 0.4) is 0 Å². The van der Waals surface area contributed by atoms with Gasteiger partial charge in [0.2, 0.25) is 5.91 Å². The van der Waals surface area contributed by atoms with E-state index in [4.69, 9.17) is 9.05 Å². The van der Waals surface area contributed by atoms with Gasteiger partial charge in [0.05, 0.1) is 39.9 Å². The van der Waals surface area contributed by atoms with Gasteiger partial charge in [-0.25, -0.2) is 0 Å². The number of carbonyl (C=O) groups excluding carboxylic acids is 1. The molecule has 1 amide bonds. The lowest BCUT2D eigenvalue weighted by atomic mass is 10.0. The summed E-state index contributed by atoms with van der Waals surface area (Å²) in [5, 5.41) is 13.9. The second-order valence-corrected chi connectivity index (χ2v) is 19.2. The summed E-state index contributed by atoms with van der Waals surface area (Å²) in [5.41, 5.74) is 0. The molecule has 0 saturated carbocycles. The number of nitrogens with zero attached hydrogens (tertiary/aromatic N) is 1. The lowest BCUT2D eigenvalue weighted by Gasteiger charge is -2.30. The molecule has 3 atom stereocenters. The second kappa shape index (κ2) is 40.4. The van der Waals surface area contributed by atoms with Crippen LogP contribution in [-0.2, 0) is 18.4 Å². The fourth-order valence-electron chi connectivity index (χ4n) is 7.07. The van der Waals surface area contributed by atoms with Gasteiger partial charge in [0.1, 0.15) is 13.2 Å². The number of unbranched alkanes of at least 4 members (excludes halogenated alkanes) is 27. The van der Waals surface area contributed by atoms with E-state index >= 15 is 0 Å². The standard InChI is InChI=1S/C48H95N2O6P/c1-6-8-10-12-14-16-18-20-22-23-24-25-26-27-28-30-32-34-36-38-40-42-48(52)49-46(45-56-57(53,54)55-44-43-50(3,4)5)47(51)41-39-37-35-33-31-29-21-19-17-15-13-11-9-7-2/h18,20,23-24,46-47,51H,6-17,19,21-22,25-45H2,1-5H3,(H-,49,52,53,54)/b20-18-,24-23-. The summed E-state index contributed by atoms with van der Waals surface area (Å²) >= 11 is 0. The van der Waals surface area contributed by atoms with Gasteiger partial charge in [0.25, 0.3) is 7.82 Å². The monoisotopic (exact) mass is 827 g/mol. The van der Waals surface area contributed by atoms with Gasteiger partial charge in [0, 0.05) is 6.42 Å². The molecule has 0 bridgehead atoms. The van der Waals surface area contributed by atoms with E-state index in [-0.39, 0.29) is 19.1 Å². The zero-order valence-corrected chi connectivity index (χ0v) is 39.2. The zero-order chi connectivity index (χ0) is 42.1. The van der Waals surface area contributed by atoms with E-state index < -0.39 is 20.0 Å². The Balaban J connectivity index is 4.28.